The van der Waals surface area contributed by atoms with Crippen molar-refractivity contribution in [3.63, 3.8) is 0 Å². The second-order valence-electron chi connectivity index (χ2n) is 5.94. The molecule has 1 fully saturated rings. The number of sulfonamides is 1. The Morgan fingerprint density at radius 1 is 1.29 bits per heavy atom. The second-order valence-corrected chi connectivity index (χ2v) is 8.89. The zero-order valence-corrected chi connectivity index (χ0v) is 15.3. The average Bonchev–Trinajstić information content (AvgIpc) is 3.08. The molecule has 130 valence electrons. The molecule has 0 bridgehead atoms. The first-order valence-electron chi connectivity index (χ1n) is 7.82. The van der Waals surface area contributed by atoms with Crippen LogP contribution in [0.5, 0.6) is 0 Å². The molecular weight excluding hydrogens is 346 g/mol. The van der Waals surface area contributed by atoms with E-state index in [0.717, 1.165) is 24.5 Å². The Bertz CT molecular complexity index is 750. The molecular formula is C16H21N3O3S2. The monoisotopic (exact) mass is 367 g/mol. The molecule has 0 amide bonds. The highest BCUT2D eigenvalue weighted by molar-refractivity contribution is 7.91. The highest BCUT2D eigenvalue weighted by atomic mass is 32.2. The standard InChI is InChI=1S/C16H21N3O3S2/c1-12-10-19(11-13(2)22-12)15-6-5-14(8-17-15)9-18-24(20,21)16-4-3-7-23-16/h3-8,12-13,18H,9-11H2,1-2H3/t12-,13-/m0/s1. The van der Waals surface area contributed by atoms with Crippen molar-refractivity contribution in [2.45, 2.75) is 36.8 Å². The average molecular weight is 367 g/mol. The van der Waals surface area contributed by atoms with Crippen LogP contribution >= 0.6 is 11.3 Å². The lowest BCUT2D eigenvalue weighted by molar-refractivity contribution is -0.00546. The molecule has 1 saturated heterocycles. The molecule has 0 aromatic carbocycles. The number of nitrogens with one attached hydrogen (secondary N) is 1. The van der Waals surface area contributed by atoms with Crippen molar-refractivity contribution in [3.8, 4) is 0 Å². The van der Waals surface area contributed by atoms with Crippen molar-refractivity contribution >= 4 is 27.2 Å². The molecule has 0 unspecified atom stereocenters. The fraction of sp³-hybridized carbons (Fsp3) is 0.438. The number of rotatable bonds is 5. The van der Waals surface area contributed by atoms with Crippen molar-refractivity contribution in [1.29, 1.82) is 0 Å². The Labute approximate surface area is 146 Å². The molecule has 2 aromatic heterocycles. The number of hydrogen-bond donors (Lipinski definition) is 1. The molecule has 8 heteroatoms. The first-order chi connectivity index (χ1) is 11.4. The van der Waals surface area contributed by atoms with Gasteiger partial charge < -0.3 is 9.64 Å². The summed E-state index contributed by atoms with van der Waals surface area (Å²) in [6.45, 7) is 5.94. The minimum Gasteiger partial charge on any atom is -0.372 e. The Morgan fingerprint density at radius 3 is 2.62 bits per heavy atom. The third-order valence-electron chi connectivity index (χ3n) is 3.78. The van der Waals surface area contributed by atoms with E-state index in [-0.39, 0.29) is 18.8 Å². The minimum atomic E-state index is -3.45. The van der Waals surface area contributed by atoms with Crippen LogP contribution in [0.1, 0.15) is 19.4 Å². The van der Waals surface area contributed by atoms with E-state index in [2.05, 4.69) is 28.5 Å². The molecule has 1 aliphatic heterocycles. The van der Waals surface area contributed by atoms with Crippen LogP contribution in [0.3, 0.4) is 0 Å². The molecule has 0 saturated carbocycles. The SMILES string of the molecule is C[C@H]1CN(c2ccc(CNS(=O)(=O)c3cccs3)cn2)C[C@H](C)O1. The largest absolute Gasteiger partial charge is 0.372 e. The fourth-order valence-corrected chi connectivity index (χ4v) is 4.79. The lowest BCUT2D eigenvalue weighted by Gasteiger charge is -2.36. The predicted octanol–water partition coefficient (Wildman–Crippen LogP) is 2.24. The van der Waals surface area contributed by atoms with Gasteiger partial charge in [-0.2, -0.15) is 0 Å². The van der Waals surface area contributed by atoms with Gasteiger partial charge >= 0.3 is 0 Å². The van der Waals surface area contributed by atoms with E-state index in [1.54, 1.807) is 23.7 Å². The quantitative estimate of drug-likeness (QED) is 0.877. The maximum atomic E-state index is 12.1. The number of hydrogen-bond acceptors (Lipinski definition) is 6. The van der Waals surface area contributed by atoms with Gasteiger partial charge in [-0.1, -0.05) is 12.1 Å². The van der Waals surface area contributed by atoms with Gasteiger partial charge in [0.1, 0.15) is 10.0 Å². The summed E-state index contributed by atoms with van der Waals surface area (Å²) in [5.74, 6) is 0.891. The van der Waals surface area contributed by atoms with Gasteiger partial charge in [-0.3, -0.25) is 0 Å². The first-order valence-corrected chi connectivity index (χ1v) is 10.2. The van der Waals surface area contributed by atoms with Gasteiger partial charge in [0, 0.05) is 25.8 Å². The van der Waals surface area contributed by atoms with Crippen molar-refractivity contribution in [3.05, 3.63) is 41.4 Å². The molecule has 2 atom stereocenters. The van der Waals surface area contributed by atoms with Crippen molar-refractivity contribution < 1.29 is 13.2 Å². The summed E-state index contributed by atoms with van der Waals surface area (Å²) >= 11 is 1.20. The Hall–Kier alpha value is -1.48. The van der Waals surface area contributed by atoms with E-state index in [9.17, 15) is 8.42 Å². The van der Waals surface area contributed by atoms with Gasteiger partial charge in [-0.15, -0.1) is 11.3 Å². The zero-order valence-electron chi connectivity index (χ0n) is 13.7. The van der Waals surface area contributed by atoms with Crippen LogP contribution in [-0.4, -0.2) is 38.7 Å². The van der Waals surface area contributed by atoms with Gasteiger partial charge in [0.25, 0.3) is 0 Å². The van der Waals surface area contributed by atoms with Gasteiger partial charge in [-0.25, -0.2) is 18.1 Å². The summed E-state index contributed by atoms with van der Waals surface area (Å²) in [7, 11) is -3.45. The topological polar surface area (TPSA) is 71.5 Å². The van der Waals surface area contributed by atoms with Crippen LogP contribution in [0, 0.1) is 0 Å². The summed E-state index contributed by atoms with van der Waals surface area (Å²) in [5.41, 5.74) is 0.827. The van der Waals surface area contributed by atoms with Crippen LogP contribution in [0.15, 0.2) is 40.1 Å². The molecule has 3 heterocycles. The number of nitrogens with zero attached hydrogens (tertiary/aromatic N) is 2. The van der Waals surface area contributed by atoms with E-state index in [1.807, 2.05) is 12.1 Å². The third kappa shape index (κ3) is 4.13. The Balaban J connectivity index is 1.63. The maximum absolute atomic E-state index is 12.1. The van der Waals surface area contributed by atoms with E-state index in [1.165, 1.54) is 11.3 Å². The smallest absolute Gasteiger partial charge is 0.250 e. The molecule has 0 aliphatic carbocycles. The van der Waals surface area contributed by atoms with Crippen molar-refractivity contribution in [2.24, 2.45) is 0 Å². The summed E-state index contributed by atoms with van der Waals surface area (Å²) in [5, 5.41) is 1.75. The maximum Gasteiger partial charge on any atom is 0.250 e. The number of thiophene rings is 1. The molecule has 0 radical (unpaired) electrons. The first kappa shape index (κ1) is 17.3. The van der Waals surface area contributed by atoms with Crippen molar-refractivity contribution in [2.75, 3.05) is 18.0 Å². The third-order valence-corrected chi connectivity index (χ3v) is 6.58. The van der Waals surface area contributed by atoms with Gasteiger partial charge in [-0.05, 0) is 36.9 Å². The van der Waals surface area contributed by atoms with Gasteiger partial charge in [0.15, 0.2) is 0 Å². The number of aromatic nitrogens is 1. The molecule has 0 spiro atoms. The number of ether oxygens (including phenoxy) is 1. The highest BCUT2D eigenvalue weighted by Crippen LogP contribution is 2.19. The van der Waals surface area contributed by atoms with E-state index in [4.69, 9.17) is 4.74 Å². The zero-order chi connectivity index (χ0) is 17.2. The van der Waals surface area contributed by atoms with E-state index >= 15 is 0 Å². The van der Waals surface area contributed by atoms with Gasteiger partial charge in [0.2, 0.25) is 10.0 Å². The van der Waals surface area contributed by atoms with Crippen LogP contribution in [-0.2, 0) is 21.3 Å². The summed E-state index contributed by atoms with van der Waals surface area (Å²) < 4.78 is 32.9. The number of anilines is 1. The molecule has 3 rings (SSSR count). The van der Waals surface area contributed by atoms with Crippen LogP contribution in [0.25, 0.3) is 0 Å². The van der Waals surface area contributed by atoms with Crippen LogP contribution < -0.4 is 9.62 Å². The Kier molecular flexibility index (Phi) is 5.19. The summed E-state index contributed by atoms with van der Waals surface area (Å²) in [6.07, 6.45) is 2.07. The normalized spacial score (nSPS) is 21.8. The van der Waals surface area contributed by atoms with E-state index in [0.29, 0.717) is 4.21 Å². The molecule has 6 nitrogen and oxygen atoms in total. The minimum absolute atomic E-state index is 0.174. The molecule has 2 aromatic rings. The molecule has 24 heavy (non-hydrogen) atoms. The van der Waals surface area contributed by atoms with Gasteiger partial charge in [0.05, 0.1) is 12.2 Å². The summed E-state index contributed by atoms with van der Waals surface area (Å²) in [6, 6.07) is 7.15. The lowest BCUT2D eigenvalue weighted by atomic mass is 10.2. The lowest BCUT2D eigenvalue weighted by Crippen LogP contribution is -2.45. The Morgan fingerprint density at radius 2 is 2.04 bits per heavy atom. The highest BCUT2D eigenvalue weighted by Gasteiger charge is 2.23. The van der Waals surface area contributed by atoms with Crippen LogP contribution in [0.4, 0.5) is 5.82 Å². The fourth-order valence-electron chi connectivity index (χ4n) is 2.74. The molecule has 1 aliphatic rings. The van der Waals surface area contributed by atoms with E-state index < -0.39 is 10.0 Å². The van der Waals surface area contributed by atoms with Crippen molar-refractivity contribution in [1.82, 2.24) is 9.71 Å². The second kappa shape index (κ2) is 7.18. The molecule has 1 N–H and O–H groups in total. The number of pyridine rings is 1. The predicted molar refractivity (Wildman–Crippen MR) is 94.8 cm³/mol. The number of morpholine rings is 1. The summed E-state index contributed by atoms with van der Waals surface area (Å²) in [4.78, 5) is 6.67. The van der Waals surface area contributed by atoms with Crippen LogP contribution in [0.2, 0.25) is 0 Å².